The lowest BCUT2D eigenvalue weighted by Crippen LogP contribution is -2.08. The molecule has 2 rings (SSSR count). The molecule has 0 spiro atoms. The van der Waals surface area contributed by atoms with Crippen molar-refractivity contribution in [1.29, 1.82) is 5.26 Å². The van der Waals surface area contributed by atoms with Crippen LogP contribution in [0.1, 0.15) is 33.1 Å². The van der Waals surface area contributed by atoms with E-state index in [2.05, 4.69) is 11.1 Å². The third kappa shape index (κ3) is 4.09. The number of unbranched alkanes of at least 4 members (excludes halogenated alkanes) is 1. The van der Waals surface area contributed by atoms with Crippen molar-refractivity contribution in [1.82, 2.24) is 4.98 Å². The summed E-state index contributed by atoms with van der Waals surface area (Å²) < 4.78 is 5.82. The molecule has 21 heavy (non-hydrogen) atoms. The Hall–Kier alpha value is -1.79. The Balaban J connectivity index is 1.93. The first-order valence-electron chi connectivity index (χ1n) is 7.11. The molecule has 0 saturated heterocycles. The molecule has 4 heteroatoms. The molecular formula is C17H19ClN2O. The molecular weight excluding hydrogens is 284 g/mol. The zero-order valence-electron chi connectivity index (χ0n) is 12.4. The highest BCUT2D eigenvalue weighted by Gasteiger charge is 2.15. The Morgan fingerprint density at radius 2 is 2.10 bits per heavy atom. The summed E-state index contributed by atoms with van der Waals surface area (Å²) in [5.74, 6) is 0.759. The van der Waals surface area contributed by atoms with Crippen LogP contribution in [0.3, 0.4) is 0 Å². The minimum Gasteiger partial charge on any atom is -0.491 e. The second-order valence-electron chi connectivity index (χ2n) is 5.75. The van der Waals surface area contributed by atoms with E-state index in [9.17, 15) is 0 Å². The minimum atomic E-state index is -0.255. The standard InChI is InChI=1S/C17H19ClN2O/c1-17(2,12-19)9-3-4-11-21-15-8-7-14(18)13-6-5-10-20-16(13)15/h5-8,10H,3-4,9,11H2,1-2H3. The van der Waals surface area contributed by atoms with Crippen LogP contribution >= 0.6 is 11.6 Å². The number of fused-ring (bicyclic) bond motifs is 1. The summed E-state index contributed by atoms with van der Waals surface area (Å²) in [5, 5.41) is 10.6. The predicted molar refractivity (Wildman–Crippen MR) is 85.5 cm³/mol. The monoisotopic (exact) mass is 302 g/mol. The van der Waals surface area contributed by atoms with Crippen molar-refractivity contribution in [2.24, 2.45) is 5.41 Å². The van der Waals surface area contributed by atoms with Gasteiger partial charge in [-0.25, -0.2) is 0 Å². The molecule has 0 saturated carbocycles. The van der Waals surface area contributed by atoms with Crippen LogP contribution in [-0.4, -0.2) is 11.6 Å². The van der Waals surface area contributed by atoms with Gasteiger partial charge in [0.1, 0.15) is 11.3 Å². The molecule has 0 radical (unpaired) electrons. The van der Waals surface area contributed by atoms with Crippen LogP contribution in [0.15, 0.2) is 30.5 Å². The summed E-state index contributed by atoms with van der Waals surface area (Å²) in [5.41, 5.74) is 0.538. The summed E-state index contributed by atoms with van der Waals surface area (Å²) in [7, 11) is 0. The maximum Gasteiger partial charge on any atom is 0.145 e. The summed E-state index contributed by atoms with van der Waals surface area (Å²) >= 11 is 6.15. The van der Waals surface area contributed by atoms with Crippen LogP contribution in [0.25, 0.3) is 10.9 Å². The fraction of sp³-hybridized carbons (Fsp3) is 0.412. The van der Waals surface area contributed by atoms with Crippen LogP contribution in [-0.2, 0) is 0 Å². The van der Waals surface area contributed by atoms with Gasteiger partial charge in [0.2, 0.25) is 0 Å². The number of benzene rings is 1. The van der Waals surface area contributed by atoms with Gasteiger partial charge in [0.15, 0.2) is 0 Å². The van der Waals surface area contributed by atoms with Crippen LogP contribution in [0, 0.1) is 16.7 Å². The highest BCUT2D eigenvalue weighted by molar-refractivity contribution is 6.35. The van der Waals surface area contributed by atoms with Crippen molar-refractivity contribution in [2.45, 2.75) is 33.1 Å². The van der Waals surface area contributed by atoms with E-state index in [1.165, 1.54) is 0 Å². The van der Waals surface area contributed by atoms with Crippen molar-refractivity contribution in [3.05, 3.63) is 35.5 Å². The molecule has 0 aliphatic heterocycles. The van der Waals surface area contributed by atoms with Gasteiger partial charge in [0.25, 0.3) is 0 Å². The van der Waals surface area contributed by atoms with Gasteiger partial charge in [-0.15, -0.1) is 0 Å². The topological polar surface area (TPSA) is 45.9 Å². The van der Waals surface area contributed by atoms with E-state index in [-0.39, 0.29) is 5.41 Å². The molecule has 0 bridgehead atoms. The van der Waals surface area contributed by atoms with Crippen molar-refractivity contribution < 1.29 is 4.74 Å². The molecule has 110 valence electrons. The van der Waals surface area contributed by atoms with Crippen LogP contribution in [0.2, 0.25) is 5.02 Å². The SMILES string of the molecule is CC(C)(C#N)CCCCOc1ccc(Cl)c2cccnc12. The van der Waals surface area contributed by atoms with Gasteiger partial charge in [0.05, 0.1) is 23.1 Å². The maximum atomic E-state index is 8.97. The lowest BCUT2D eigenvalue weighted by atomic mass is 9.89. The largest absolute Gasteiger partial charge is 0.491 e. The molecule has 1 aromatic carbocycles. The van der Waals surface area contributed by atoms with Gasteiger partial charge in [-0.2, -0.15) is 5.26 Å². The van der Waals surface area contributed by atoms with Crippen molar-refractivity contribution >= 4 is 22.5 Å². The molecule has 3 nitrogen and oxygen atoms in total. The normalized spacial score (nSPS) is 11.3. The molecule has 0 atom stereocenters. The van der Waals surface area contributed by atoms with Crippen LogP contribution in [0.4, 0.5) is 0 Å². The van der Waals surface area contributed by atoms with Crippen LogP contribution in [0.5, 0.6) is 5.75 Å². The molecule has 0 N–H and O–H groups in total. The number of ether oxygens (including phenoxy) is 1. The predicted octanol–water partition coefficient (Wildman–Crippen LogP) is 4.99. The van der Waals surface area contributed by atoms with E-state index in [0.717, 1.165) is 35.9 Å². The number of pyridine rings is 1. The summed E-state index contributed by atoms with van der Waals surface area (Å²) in [6.07, 6.45) is 4.51. The molecule has 1 heterocycles. The molecule has 2 aromatic rings. The summed E-state index contributed by atoms with van der Waals surface area (Å²) in [6, 6.07) is 9.81. The number of nitriles is 1. The second kappa shape index (κ2) is 6.78. The average Bonchev–Trinajstić information content (AvgIpc) is 2.49. The Labute approximate surface area is 130 Å². The van der Waals surface area contributed by atoms with E-state index in [4.69, 9.17) is 21.6 Å². The smallest absolute Gasteiger partial charge is 0.145 e. The van der Waals surface area contributed by atoms with Gasteiger partial charge in [-0.05, 0) is 57.4 Å². The molecule has 0 unspecified atom stereocenters. The van der Waals surface area contributed by atoms with E-state index >= 15 is 0 Å². The third-order valence-electron chi connectivity index (χ3n) is 3.44. The average molecular weight is 303 g/mol. The van der Waals surface area contributed by atoms with Gasteiger partial charge in [0, 0.05) is 11.6 Å². The second-order valence-corrected chi connectivity index (χ2v) is 6.15. The summed E-state index contributed by atoms with van der Waals surface area (Å²) in [6.45, 7) is 4.55. The first kappa shape index (κ1) is 15.6. The number of hydrogen-bond donors (Lipinski definition) is 0. The van der Waals surface area contributed by atoms with Crippen molar-refractivity contribution in [3.8, 4) is 11.8 Å². The molecule has 0 aliphatic rings. The van der Waals surface area contributed by atoms with Gasteiger partial charge in [-0.3, -0.25) is 4.98 Å². The lowest BCUT2D eigenvalue weighted by Gasteiger charge is -2.14. The number of aromatic nitrogens is 1. The Morgan fingerprint density at radius 1 is 1.29 bits per heavy atom. The van der Waals surface area contributed by atoms with E-state index < -0.39 is 0 Å². The molecule has 0 amide bonds. The van der Waals surface area contributed by atoms with Crippen molar-refractivity contribution in [2.75, 3.05) is 6.61 Å². The Bertz CT molecular complexity index is 661. The number of hydrogen-bond acceptors (Lipinski definition) is 3. The van der Waals surface area contributed by atoms with Crippen molar-refractivity contribution in [3.63, 3.8) is 0 Å². The quantitative estimate of drug-likeness (QED) is 0.706. The fourth-order valence-electron chi connectivity index (χ4n) is 2.14. The van der Waals surface area contributed by atoms with E-state index in [1.54, 1.807) is 6.20 Å². The molecule has 0 fully saturated rings. The first-order valence-corrected chi connectivity index (χ1v) is 7.48. The third-order valence-corrected chi connectivity index (χ3v) is 3.77. The first-order chi connectivity index (χ1) is 10.0. The lowest BCUT2D eigenvalue weighted by molar-refractivity contribution is 0.297. The Morgan fingerprint density at radius 3 is 2.86 bits per heavy atom. The molecule has 0 aliphatic carbocycles. The number of halogens is 1. The van der Waals surface area contributed by atoms with Gasteiger partial charge >= 0.3 is 0 Å². The van der Waals surface area contributed by atoms with Gasteiger partial charge in [-0.1, -0.05) is 11.6 Å². The highest BCUT2D eigenvalue weighted by atomic mass is 35.5. The molecule has 1 aromatic heterocycles. The Kier molecular flexibility index (Phi) is 5.03. The fourth-order valence-corrected chi connectivity index (χ4v) is 2.35. The van der Waals surface area contributed by atoms with E-state index in [1.807, 2.05) is 38.1 Å². The van der Waals surface area contributed by atoms with Crippen LogP contribution < -0.4 is 4.74 Å². The summed E-state index contributed by atoms with van der Waals surface area (Å²) in [4.78, 5) is 4.34. The highest BCUT2D eigenvalue weighted by Crippen LogP contribution is 2.29. The van der Waals surface area contributed by atoms with Gasteiger partial charge < -0.3 is 4.74 Å². The number of rotatable bonds is 6. The maximum absolute atomic E-state index is 8.97. The minimum absolute atomic E-state index is 0.255. The zero-order chi connectivity index (χ0) is 15.3. The number of nitrogens with zero attached hydrogens (tertiary/aromatic N) is 2. The zero-order valence-corrected chi connectivity index (χ0v) is 13.2. The van der Waals surface area contributed by atoms with E-state index in [0.29, 0.717) is 11.6 Å².